The summed E-state index contributed by atoms with van der Waals surface area (Å²) in [5.41, 5.74) is 13.1. The molecule has 2 aromatic rings. The summed E-state index contributed by atoms with van der Waals surface area (Å²) in [7, 11) is 0. The van der Waals surface area contributed by atoms with Gasteiger partial charge in [-0.1, -0.05) is 42.5 Å². The molecule has 0 aliphatic heterocycles. The third-order valence-corrected chi connectivity index (χ3v) is 4.83. The van der Waals surface area contributed by atoms with Crippen LogP contribution in [0.5, 0.6) is 5.75 Å². The number of aryl methyl sites for hydroxylation is 1. The highest BCUT2D eigenvalue weighted by Gasteiger charge is 2.24. The summed E-state index contributed by atoms with van der Waals surface area (Å²) in [4.78, 5) is 36.2. The van der Waals surface area contributed by atoms with E-state index >= 15 is 0 Å². The number of hydrogen-bond acceptors (Lipinski definition) is 5. The predicted molar refractivity (Wildman–Crippen MR) is 118 cm³/mol. The molecular weight excluding hydrogens is 396 g/mol. The van der Waals surface area contributed by atoms with Crippen LogP contribution in [0, 0.1) is 0 Å². The number of rotatable bonds is 12. The molecule has 8 heteroatoms. The third-order valence-electron chi connectivity index (χ3n) is 4.83. The fraction of sp³-hybridized carbons (Fsp3) is 0.348. The van der Waals surface area contributed by atoms with Crippen molar-refractivity contribution >= 4 is 17.7 Å². The van der Waals surface area contributed by atoms with Crippen molar-refractivity contribution < 1.29 is 19.5 Å². The molecule has 0 unspecified atom stereocenters. The van der Waals surface area contributed by atoms with E-state index in [0.717, 1.165) is 18.4 Å². The Morgan fingerprint density at radius 3 is 2.26 bits per heavy atom. The van der Waals surface area contributed by atoms with Crippen molar-refractivity contribution in [3.63, 3.8) is 0 Å². The van der Waals surface area contributed by atoms with Gasteiger partial charge in [-0.25, -0.2) is 0 Å². The lowest BCUT2D eigenvalue weighted by Gasteiger charge is -2.20. The van der Waals surface area contributed by atoms with Crippen molar-refractivity contribution in [2.45, 2.75) is 44.2 Å². The van der Waals surface area contributed by atoms with Crippen LogP contribution in [0.2, 0.25) is 0 Å². The van der Waals surface area contributed by atoms with Crippen LogP contribution in [0.25, 0.3) is 0 Å². The van der Waals surface area contributed by atoms with Gasteiger partial charge in [0, 0.05) is 13.0 Å². The number of nitrogens with two attached hydrogens (primary N) is 2. The number of hydrogen-bond donors (Lipinski definition) is 5. The summed E-state index contributed by atoms with van der Waals surface area (Å²) in [5.74, 6) is -1.30. The normalized spacial score (nSPS) is 12.5. The third kappa shape index (κ3) is 8.88. The van der Waals surface area contributed by atoms with Crippen molar-refractivity contribution in [1.82, 2.24) is 10.6 Å². The van der Waals surface area contributed by atoms with E-state index < -0.39 is 23.9 Å². The maximum atomic E-state index is 12.6. The van der Waals surface area contributed by atoms with Gasteiger partial charge in [0.05, 0.1) is 6.04 Å². The van der Waals surface area contributed by atoms with Gasteiger partial charge in [0.25, 0.3) is 0 Å². The Balaban J connectivity index is 1.86. The summed E-state index contributed by atoms with van der Waals surface area (Å²) in [5, 5.41) is 14.8. The highest BCUT2D eigenvalue weighted by molar-refractivity contribution is 5.90. The largest absolute Gasteiger partial charge is 0.508 e. The Kier molecular flexibility index (Phi) is 9.51. The Labute approximate surface area is 182 Å². The molecular formula is C23H30N4O4. The smallest absolute Gasteiger partial charge is 0.242 e. The monoisotopic (exact) mass is 426 g/mol. The number of amides is 3. The predicted octanol–water partition coefficient (Wildman–Crippen LogP) is 0.761. The Hall–Kier alpha value is -3.39. The molecule has 31 heavy (non-hydrogen) atoms. The molecule has 2 aromatic carbocycles. The molecule has 0 heterocycles. The van der Waals surface area contributed by atoms with Crippen LogP contribution >= 0.6 is 0 Å². The van der Waals surface area contributed by atoms with Crippen LogP contribution in [0.3, 0.4) is 0 Å². The molecule has 2 atom stereocenters. The Morgan fingerprint density at radius 2 is 1.61 bits per heavy atom. The van der Waals surface area contributed by atoms with Gasteiger partial charge in [0.15, 0.2) is 0 Å². The number of nitrogens with one attached hydrogen (secondary N) is 2. The SMILES string of the molecule is NC(=O)CC[C@@H](NC(=O)[C@@H](N)Cc1ccc(O)cc1)C(=O)NCCCc1ccccc1. The van der Waals surface area contributed by atoms with Crippen LogP contribution in [0.1, 0.15) is 30.4 Å². The second-order valence-electron chi connectivity index (χ2n) is 7.42. The van der Waals surface area contributed by atoms with Crippen molar-refractivity contribution in [1.29, 1.82) is 0 Å². The van der Waals surface area contributed by atoms with Crippen LogP contribution in [0.15, 0.2) is 54.6 Å². The lowest BCUT2D eigenvalue weighted by atomic mass is 10.0. The molecule has 0 saturated heterocycles. The average Bonchev–Trinajstić information content (AvgIpc) is 2.76. The standard InChI is InChI=1S/C23H30N4O4/c24-19(15-17-8-10-18(28)11-9-17)22(30)27-20(12-13-21(25)29)23(31)26-14-4-7-16-5-2-1-3-6-16/h1-3,5-6,8-11,19-20,28H,4,7,12-15,24H2,(H2,25,29)(H,26,31)(H,27,30)/t19-,20+/m0/s1. The first kappa shape index (κ1) is 23.9. The molecule has 3 amide bonds. The van der Waals surface area contributed by atoms with Gasteiger partial charge in [-0.05, 0) is 48.9 Å². The van der Waals surface area contributed by atoms with E-state index in [1.54, 1.807) is 12.1 Å². The molecule has 0 radical (unpaired) electrons. The van der Waals surface area contributed by atoms with E-state index in [1.807, 2.05) is 30.3 Å². The summed E-state index contributed by atoms with van der Waals surface area (Å²) in [6.07, 6.45) is 1.87. The van der Waals surface area contributed by atoms with Gasteiger partial charge in [-0.2, -0.15) is 0 Å². The fourth-order valence-corrected chi connectivity index (χ4v) is 3.08. The van der Waals surface area contributed by atoms with Crippen molar-refractivity contribution in [2.75, 3.05) is 6.54 Å². The summed E-state index contributed by atoms with van der Waals surface area (Å²) < 4.78 is 0. The maximum absolute atomic E-state index is 12.6. The quantitative estimate of drug-likeness (QED) is 0.318. The zero-order valence-corrected chi connectivity index (χ0v) is 17.4. The zero-order chi connectivity index (χ0) is 22.6. The minimum absolute atomic E-state index is 0.0322. The van der Waals surface area contributed by atoms with E-state index in [4.69, 9.17) is 11.5 Å². The fourth-order valence-electron chi connectivity index (χ4n) is 3.08. The molecule has 0 aliphatic carbocycles. The van der Waals surface area contributed by atoms with Gasteiger partial charge >= 0.3 is 0 Å². The van der Waals surface area contributed by atoms with Gasteiger partial charge < -0.3 is 27.2 Å². The Bertz CT molecular complexity index is 856. The van der Waals surface area contributed by atoms with Gasteiger partial charge in [0.1, 0.15) is 11.8 Å². The lowest BCUT2D eigenvalue weighted by Crippen LogP contribution is -2.52. The van der Waals surface area contributed by atoms with E-state index in [0.29, 0.717) is 6.54 Å². The van der Waals surface area contributed by atoms with E-state index in [2.05, 4.69) is 10.6 Å². The minimum Gasteiger partial charge on any atom is -0.508 e. The van der Waals surface area contributed by atoms with Gasteiger partial charge in [-0.3, -0.25) is 14.4 Å². The van der Waals surface area contributed by atoms with Crippen molar-refractivity contribution in [3.8, 4) is 5.75 Å². The summed E-state index contributed by atoms with van der Waals surface area (Å²) >= 11 is 0. The molecule has 7 N–H and O–H groups in total. The first-order valence-corrected chi connectivity index (χ1v) is 10.3. The van der Waals surface area contributed by atoms with Gasteiger partial charge in [-0.15, -0.1) is 0 Å². The first-order valence-electron chi connectivity index (χ1n) is 10.3. The maximum Gasteiger partial charge on any atom is 0.242 e. The van der Waals surface area contributed by atoms with Crippen LogP contribution in [0.4, 0.5) is 0 Å². The van der Waals surface area contributed by atoms with Crippen LogP contribution < -0.4 is 22.1 Å². The highest BCUT2D eigenvalue weighted by Crippen LogP contribution is 2.11. The van der Waals surface area contributed by atoms with Crippen LogP contribution in [-0.2, 0) is 27.2 Å². The second-order valence-corrected chi connectivity index (χ2v) is 7.42. The molecule has 0 bridgehead atoms. The number of carbonyl (C=O) groups is 3. The second kappa shape index (κ2) is 12.3. The number of primary amides is 1. The molecule has 0 saturated carbocycles. The van der Waals surface area contributed by atoms with Crippen molar-refractivity contribution in [2.24, 2.45) is 11.5 Å². The summed E-state index contributed by atoms with van der Waals surface area (Å²) in [6.45, 7) is 0.441. The molecule has 2 rings (SSSR count). The van der Waals surface area contributed by atoms with E-state index in [1.165, 1.54) is 17.7 Å². The number of phenolic OH excluding ortho intramolecular Hbond substituents is 1. The van der Waals surface area contributed by atoms with Gasteiger partial charge in [0.2, 0.25) is 17.7 Å². The molecule has 0 spiro atoms. The highest BCUT2D eigenvalue weighted by atomic mass is 16.3. The molecule has 8 nitrogen and oxygen atoms in total. The topological polar surface area (TPSA) is 148 Å². The number of phenols is 1. The number of aromatic hydroxyl groups is 1. The lowest BCUT2D eigenvalue weighted by molar-refractivity contribution is -0.130. The van der Waals surface area contributed by atoms with Crippen molar-refractivity contribution in [3.05, 3.63) is 65.7 Å². The zero-order valence-electron chi connectivity index (χ0n) is 17.4. The number of carbonyl (C=O) groups excluding carboxylic acids is 3. The average molecular weight is 427 g/mol. The minimum atomic E-state index is -0.900. The molecule has 166 valence electrons. The Morgan fingerprint density at radius 1 is 0.935 bits per heavy atom. The van der Waals surface area contributed by atoms with E-state index in [9.17, 15) is 19.5 Å². The van der Waals surface area contributed by atoms with Crippen LogP contribution in [-0.4, -0.2) is 41.5 Å². The number of benzene rings is 2. The van der Waals surface area contributed by atoms with E-state index in [-0.39, 0.29) is 30.9 Å². The molecule has 0 aliphatic rings. The first-order chi connectivity index (χ1) is 14.8. The molecule has 0 aromatic heterocycles. The molecule has 0 fully saturated rings. The summed E-state index contributed by atoms with van der Waals surface area (Å²) in [6, 6.07) is 14.5.